The molecule has 2 aromatic rings. The van der Waals surface area contributed by atoms with Gasteiger partial charge in [0.15, 0.2) is 6.61 Å². The van der Waals surface area contributed by atoms with Gasteiger partial charge in [0.1, 0.15) is 11.8 Å². The lowest BCUT2D eigenvalue weighted by molar-refractivity contribution is -0.142. The van der Waals surface area contributed by atoms with Crippen LogP contribution < -0.4 is 10.1 Å². The molecule has 0 spiro atoms. The largest absolute Gasteiger partial charge is 0.483 e. The number of carbonyl (C=O) groups excluding carboxylic acids is 2. The summed E-state index contributed by atoms with van der Waals surface area (Å²) in [6.45, 7) is 14.3. The van der Waals surface area contributed by atoms with Gasteiger partial charge in [-0.15, -0.1) is 0 Å². The molecule has 0 saturated heterocycles. The fourth-order valence-electron chi connectivity index (χ4n) is 3.49. The van der Waals surface area contributed by atoms with Crippen LogP contribution in [0.15, 0.2) is 48.5 Å². The number of carbonyl (C=O) groups is 2. The molecule has 0 saturated carbocycles. The van der Waals surface area contributed by atoms with Crippen molar-refractivity contribution in [1.29, 1.82) is 0 Å². The number of hydrogen-bond acceptors (Lipinski definition) is 3. The van der Waals surface area contributed by atoms with Gasteiger partial charge in [0.2, 0.25) is 5.91 Å². The summed E-state index contributed by atoms with van der Waals surface area (Å²) in [6, 6.07) is 15.2. The Bertz CT molecular complexity index is 917. The molecule has 2 aromatic carbocycles. The summed E-state index contributed by atoms with van der Waals surface area (Å²) in [4.78, 5) is 27.7. The minimum atomic E-state index is -0.613. The number of benzene rings is 2. The zero-order valence-corrected chi connectivity index (χ0v) is 20.6. The van der Waals surface area contributed by atoms with Crippen molar-refractivity contribution in [2.24, 2.45) is 0 Å². The average molecular weight is 439 g/mol. The van der Waals surface area contributed by atoms with Gasteiger partial charge in [-0.1, -0.05) is 75.7 Å². The van der Waals surface area contributed by atoms with Crippen molar-refractivity contribution in [2.75, 3.05) is 6.61 Å². The molecule has 2 atom stereocenters. The zero-order valence-electron chi connectivity index (χ0n) is 20.6. The molecule has 0 unspecified atom stereocenters. The smallest absolute Gasteiger partial charge is 0.261 e. The highest BCUT2D eigenvalue weighted by Crippen LogP contribution is 2.31. The second-order valence-corrected chi connectivity index (χ2v) is 9.54. The number of ether oxygens (including phenoxy) is 1. The highest BCUT2D eigenvalue weighted by atomic mass is 16.5. The van der Waals surface area contributed by atoms with Crippen molar-refractivity contribution in [2.45, 2.75) is 78.9 Å². The van der Waals surface area contributed by atoms with Crippen molar-refractivity contribution in [3.05, 3.63) is 65.2 Å². The SMILES string of the molecule is CC[C@H](C)NC(=O)[C@@H](C)N(Cc1cccc(C)c1)C(=O)COc1ccccc1C(C)(C)C. The minimum Gasteiger partial charge on any atom is -0.483 e. The third-order valence-corrected chi connectivity index (χ3v) is 5.65. The molecule has 1 N–H and O–H groups in total. The van der Waals surface area contributed by atoms with E-state index >= 15 is 0 Å². The van der Waals surface area contributed by atoms with Gasteiger partial charge in [-0.3, -0.25) is 9.59 Å². The Hall–Kier alpha value is -2.82. The Labute approximate surface area is 193 Å². The number of nitrogens with zero attached hydrogens (tertiary/aromatic N) is 1. The maximum atomic E-state index is 13.3. The van der Waals surface area contributed by atoms with Crippen LogP contribution in [-0.4, -0.2) is 35.4 Å². The van der Waals surface area contributed by atoms with Crippen molar-refractivity contribution in [3.8, 4) is 5.75 Å². The monoisotopic (exact) mass is 438 g/mol. The van der Waals surface area contributed by atoms with Crippen LogP contribution in [0.5, 0.6) is 5.75 Å². The maximum absolute atomic E-state index is 13.3. The van der Waals surface area contributed by atoms with Gasteiger partial charge in [-0.05, 0) is 49.8 Å². The number of aryl methyl sites for hydroxylation is 1. The van der Waals surface area contributed by atoms with E-state index in [1.54, 1.807) is 11.8 Å². The Morgan fingerprint density at radius 1 is 1.06 bits per heavy atom. The predicted molar refractivity (Wildman–Crippen MR) is 130 cm³/mol. The molecule has 0 aliphatic carbocycles. The Morgan fingerprint density at radius 2 is 1.75 bits per heavy atom. The van der Waals surface area contributed by atoms with Gasteiger partial charge in [-0.2, -0.15) is 0 Å². The summed E-state index contributed by atoms with van der Waals surface area (Å²) < 4.78 is 5.98. The number of nitrogens with one attached hydrogen (secondary N) is 1. The molecule has 0 aliphatic heterocycles. The normalized spacial score (nSPS) is 13.2. The van der Waals surface area contributed by atoms with Crippen LogP contribution in [0.4, 0.5) is 0 Å². The van der Waals surface area contributed by atoms with Crippen LogP contribution in [0.2, 0.25) is 0 Å². The maximum Gasteiger partial charge on any atom is 0.261 e. The molecule has 32 heavy (non-hydrogen) atoms. The van der Waals surface area contributed by atoms with Gasteiger partial charge >= 0.3 is 0 Å². The second-order valence-electron chi connectivity index (χ2n) is 9.54. The van der Waals surface area contributed by atoms with Crippen LogP contribution in [0.3, 0.4) is 0 Å². The van der Waals surface area contributed by atoms with Crippen LogP contribution >= 0.6 is 0 Å². The van der Waals surface area contributed by atoms with Crippen molar-refractivity contribution < 1.29 is 14.3 Å². The van der Waals surface area contributed by atoms with Crippen LogP contribution in [0.1, 0.15) is 64.7 Å². The Balaban J connectivity index is 2.23. The van der Waals surface area contributed by atoms with Gasteiger partial charge in [0.25, 0.3) is 5.91 Å². The van der Waals surface area contributed by atoms with Crippen LogP contribution in [0, 0.1) is 6.92 Å². The molecule has 0 aromatic heterocycles. The molecule has 2 amide bonds. The number of amides is 2. The van der Waals surface area contributed by atoms with Crippen molar-refractivity contribution in [1.82, 2.24) is 10.2 Å². The molecule has 0 radical (unpaired) electrons. The average Bonchev–Trinajstić information content (AvgIpc) is 2.74. The summed E-state index contributed by atoms with van der Waals surface area (Å²) in [5.74, 6) is 0.318. The van der Waals surface area contributed by atoms with Gasteiger partial charge in [-0.25, -0.2) is 0 Å². The number of hydrogen-bond donors (Lipinski definition) is 1. The summed E-state index contributed by atoms with van der Waals surface area (Å²) in [6.07, 6.45) is 0.830. The summed E-state index contributed by atoms with van der Waals surface area (Å²) in [5, 5.41) is 2.99. The van der Waals surface area contributed by atoms with Gasteiger partial charge in [0, 0.05) is 12.6 Å². The molecule has 2 rings (SSSR count). The topological polar surface area (TPSA) is 58.6 Å². The molecule has 174 valence electrons. The van der Waals surface area contributed by atoms with Gasteiger partial charge in [0.05, 0.1) is 0 Å². The molecular formula is C27H38N2O3. The third-order valence-electron chi connectivity index (χ3n) is 5.65. The van der Waals surface area contributed by atoms with E-state index in [1.165, 1.54) is 0 Å². The minimum absolute atomic E-state index is 0.0517. The van der Waals surface area contributed by atoms with E-state index in [4.69, 9.17) is 4.74 Å². The first kappa shape index (κ1) is 25.4. The standard InChI is InChI=1S/C27H38N2O3/c1-8-20(3)28-26(31)21(4)29(17-22-13-11-12-19(2)16-22)25(30)18-32-24-15-10-9-14-23(24)27(5,6)7/h9-16,20-21H,8,17-18H2,1-7H3,(H,28,31)/t20-,21+/m0/s1. The van der Waals surface area contributed by atoms with E-state index < -0.39 is 6.04 Å². The van der Waals surface area contributed by atoms with E-state index in [2.05, 4.69) is 26.1 Å². The summed E-state index contributed by atoms with van der Waals surface area (Å²) in [7, 11) is 0. The second kappa shape index (κ2) is 11.2. The van der Waals surface area contributed by atoms with E-state index in [-0.39, 0.29) is 29.9 Å². The molecule has 5 heteroatoms. The lowest BCUT2D eigenvalue weighted by atomic mass is 9.86. The third kappa shape index (κ3) is 7.11. The molecule has 0 bridgehead atoms. The summed E-state index contributed by atoms with van der Waals surface area (Å²) in [5.41, 5.74) is 3.03. The highest BCUT2D eigenvalue weighted by Gasteiger charge is 2.28. The fourth-order valence-corrected chi connectivity index (χ4v) is 3.49. The molecular weight excluding hydrogens is 400 g/mol. The fraction of sp³-hybridized carbons (Fsp3) is 0.481. The summed E-state index contributed by atoms with van der Waals surface area (Å²) >= 11 is 0. The first-order valence-electron chi connectivity index (χ1n) is 11.4. The van der Waals surface area contributed by atoms with E-state index in [9.17, 15) is 9.59 Å². The van der Waals surface area contributed by atoms with Crippen molar-refractivity contribution in [3.63, 3.8) is 0 Å². The van der Waals surface area contributed by atoms with Gasteiger partial charge < -0.3 is 15.0 Å². The highest BCUT2D eigenvalue weighted by molar-refractivity contribution is 5.88. The molecule has 5 nitrogen and oxygen atoms in total. The lowest BCUT2D eigenvalue weighted by Gasteiger charge is -2.30. The number of para-hydroxylation sites is 1. The first-order chi connectivity index (χ1) is 15.0. The van der Waals surface area contributed by atoms with Crippen molar-refractivity contribution >= 4 is 11.8 Å². The quantitative estimate of drug-likeness (QED) is 0.599. The van der Waals surface area contributed by atoms with E-state index in [0.717, 1.165) is 23.1 Å². The zero-order chi connectivity index (χ0) is 23.9. The first-order valence-corrected chi connectivity index (χ1v) is 11.4. The Kier molecular flexibility index (Phi) is 8.88. The van der Waals surface area contributed by atoms with E-state index in [0.29, 0.717) is 12.3 Å². The molecule has 0 fully saturated rings. The van der Waals surface area contributed by atoms with E-state index in [1.807, 2.05) is 69.3 Å². The van der Waals surface area contributed by atoms with Crippen LogP contribution in [0.25, 0.3) is 0 Å². The van der Waals surface area contributed by atoms with Crippen LogP contribution in [-0.2, 0) is 21.5 Å². The molecule has 0 heterocycles. The predicted octanol–water partition coefficient (Wildman–Crippen LogP) is 5.00. The Morgan fingerprint density at radius 3 is 2.38 bits per heavy atom. The number of rotatable bonds is 9. The molecule has 0 aliphatic rings. The lowest BCUT2D eigenvalue weighted by Crippen LogP contribution is -2.50.